The predicted molar refractivity (Wildman–Crippen MR) is 133 cm³/mol. The Balaban J connectivity index is 0.000000210. The van der Waals surface area contributed by atoms with Crippen LogP contribution in [0.5, 0.6) is 0 Å². The van der Waals surface area contributed by atoms with Gasteiger partial charge in [-0.25, -0.2) is 4.98 Å². The number of fused-ring (bicyclic) bond motifs is 1. The molecule has 0 saturated heterocycles. The second-order valence-corrected chi connectivity index (χ2v) is 8.41. The van der Waals surface area contributed by atoms with Crippen molar-refractivity contribution in [3.63, 3.8) is 0 Å². The van der Waals surface area contributed by atoms with Gasteiger partial charge in [-0.3, -0.25) is 9.36 Å². The van der Waals surface area contributed by atoms with Crippen LogP contribution in [-0.2, 0) is 6.42 Å². The Kier molecular flexibility index (Phi) is 6.15. The van der Waals surface area contributed by atoms with Crippen LogP contribution in [0.4, 0.5) is 17.6 Å². The molecule has 0 amide bonds. The fourth-order valence-electron chi connectivity index (χ4n) is 3.85. The zero-order valence-electron chi connectivity index (χ0n) is 19.1. The summed E-state index contributed by atoms with van der Waals surface area (Å²) in [6, 6.07) is 15.7. The molecular weight excluding hydrogens is 428 g/mol. The van der Waals surface area contributed by atoms with E-state index in [1.807, 2.05) is 60.9 Å². The number of nitrogens with two attached hydrogens (primary N) is 3. The summed E-state index contributed by atoms with van der Waals surface area (Å²) in [5.74, 6) is 1.57. The van der Waals surface area contributed by atoms with E-state index in [1.54, 1.807) is 6.07 Å². The number of nitrogen functional groups attached to an aromatic ring is 3. The van der Waals surface area contributed by atoms with Crippen LogP contribution in [-0.4, -0.2) is 19.5 Å². The minimum Gasteiger partial charge on any atom is -0.382 e. The molecule has 0 bridgehead atoms. The maximum Gasteiger partial charge on any atom is 0.266 e. The number of para-hydroxylation sites is 1. The fourth-order valence-corrected chi connectivity index (χ4v) is 3.85. The molecule has 34 heavy (non-hydrogen) atoms. The van der Waals surface area contributed by atoms with Crippen LogP contribution in [0.2, 0.25) is 0 Å². The number of nitrogens with zero attached hydrogens (tertiary/aromatic N) is 5. The predicted octanol–water partition coefficient (Wildman–Crippen LogP) is 3.05. The third-order valence-electron chi connectivity index (χ3n) is 5.79. The summed E-state index contributed by atoms with van der Waals surface area (Å²) in [4.78, 5) is 25.2. The van der Waals surface area contributed by atoms with Gasteiger partial charge in [0, 0.05) is 6.42 Å². The molecule has 1 aliphatic carbocycles. The fraction of sp³-hybridized carbons (Fsp3) is 0.240. The highest BCUT2D eigenvalue weighted by atomic mass is 16.1. The Bertz CT molecular complexity index is 1460. The Morgan fingerprint density at radius 2 is 1.62 bits per heavy atom. The quantitative estimate of drug-likeness (QED) is 0.425. The number of nitriles is 1. The maximum absolute atomic E-state index is 13.2. The molecule has 1 fully saturated rings. The monoisotopic (exact) mass is 454 g/mol. The van der Waals surface area contributed by atoms with Crippen LogP contribution in [0.1, 0.15) is 35.4 Å². The lowest BCUT2D eigenvalue weighted by atomic mass is 10.1. The number of hydrogen-bond donors (Lipinski definition) is 3. The number of benzene rings is 2. The summed E-state index contributed by atoms with van der Waals surface area (Å²) in [7, 11) is 0. The van der Waals surface area contributed by atoms with Crippen molar-refractivity contribution in [2.24, 2.45) is 5.92 Å². The van der Waals surface area contributed by atoms with Gasteiger partial charge in [-0.2, -0.15) is 15.2 Å². The minimum atomic E-state index is -0.0287. The molecular formula is C25H26N8O. The highest BCUT2D eigenvalue weighted by Crippen LogP contribution is 2.33. The summed E-state index contributed by atoms with van der Waals surface area (Å²) in [5, 5.41) is 9.19. The molecule has 2 aromatic carbocycles. The Morgan fingerprint density at radius 1 is 0.971 bits per heavy atom. The third kappa shape index (κ3) is 4.52. The van der Waals surface area contributed by atoms with Crippen LogP contribution in [0.15, 0.2) is 47.3 Å². The van der Waals surface area contributed by atoms with E-state index in [2.05, 4.69) is 9.97 Å². The molecule has 2 heterocycles. The zero-order valence-corrected chi connectivity index (χ0v) is 19.1. The largest absolute Gasteiger partial charge is 0.382 e. The van der Waals surface area contributed by atoms with Crippen molar-refractivity contribution in [3.05, 3.63) is 75.3 Å². The van der Waals surface area contributed by atoms with E-state index in [4.69, 9.17) is 27.4 Å². The topological polar surface area (TPSA) is 163 Å². The first-order valence-electron chi connectivity index (χ1n) is 11.0. The lowest BCUT2D eigenvalue weighted by Crippen LogP contribution is -2.25. The molecule has 1 aliphatic rings. The Labute approximate surface area is 196 Å². The lowest BCUT2D eigenvalue weighted by Gasteiger charge is -2.16. The van der Waals surface area contributed by atoms with Gasteiger partial charge < -0.3 is 17.2 Å². The first-order chi connectivity index (χ1) is 16.3. The normalized spacial score (nSPS) is 12.6. The third-order valence-corrected chi connectivity index (χ3v) is 5.79. The van der Waals surface area contributed by atoms with Crippen molar-refractivity contribution in [2.45, 2.75) is 33.1 Å². The van der Waals surface area contributed by atoms with Gasteiger partial charge in [0.1, 0.15) is 29.1 Å². The number of rotatable bonds is 3. The zero-order chi connectivity index (χ0) is 24.4. The van der Waals surface area contributed by atoms with Crippen molar-refractivity contribution in [1.29, 1.82) is 5.26 Å². The molecule has 0 aliphatic heterocycles. The van der Waals surface area contributed by atoms with E-state index in [0.29, 0.717) is 5.92 Å². The molecule has 9 nitrogen and oxygen atoms in total. The van der Waals surface area contributed by atoms with Crippen LogP contribution in [0, 0.1) is 31.1 Å². The highest BCUT2D eigenvalue weighted by Gasteiger charge is 2.25. The van der Waals surface area contributed by atoms with E-state index in [-0.39, 0.29) is 28.7 Å². The molecule has 172 valence electrons. The summed E-state index contributed by atoms with van der Waals surface area (Å²) in [5.41, 5.74) is 19.8. The average molecular weight is 455 g/mol. The molecule has 0 radical (unpaired) electrons. The van der Waals surface area contributed by atoms with Crippen LogP contribution < -0.4 is 22.8 Å². The summed E-state index contributed by atoms with van der Waals surface area (Å²) < 4.78 is 1.84. The lowest BCUT2D eigenvalue weighted by molar-refractivity contribution is 0.726. The van der Waals surface area contributed by atoms with Crippen molar-refractivity contribution < 1.29 is 0 Å². The summed E-state index contributed by atoms with van der Waals surface area (Å²) in [6.07, 6.45) is 3.37. The van der Waals surface area contributed by atoms with Crippen LogP contribution in [0.3, 0.4) is 0 Å². The van der Waals surface area contributed by atoms with E-state index < -0.39 is 0 Å². The number of anilines is 3. The van der Waals surface area contributed by atoms with Gasteiger partial charge in [-0.15, -0.1) is 0 Å². The van der Waals surface area contributed by atoms with Crippen LogP contribution >= 0.6 is 0 Å². The van der Waals surface area contributed by atoms with Gasteiger partial charge >= 0.3 is 0 Å². The van der Waals surface area contributed by atoms with E-state index >= 15 is 0 Å². The molecule has 4 aromatic rings. The minimum absolute atomic E-state index is 0.0116. The average Bonchev–Trinajstić information content (AvgIpc) is 3.59. The van der Waals surface area contributed by atoms with E-state index in [0.717, 1.165) is 40.0 Å². The van der Waals surface area contributed by atoms with Gasteiger partial charge in [0.25, 0.3) is 5.56 Å². The second kappa shape index (κ2) is 9.19. The molecule has 9 heteroatoms. The molecule has 6 N–H and O–H groups in total. The first kappa shape index (κ1) is 22.7. The van der Waals surface area contributed by atoms with Gasteiger partial charge in [0.05, 0.1) is 16.6 Å². The standard InChI is InChI=1S/C20H20N2O.C5H6N6/c1-13-6-3-4-9-17(13)22-18(12-15-10-11-15)21-16-8-5-7-14(2)19(16)20(22)23;6-1-2-3(7)10-5(9)11-4(2)8/h3-9,15H,10-12H2,1-2H3;(H6,7,8,9,10,11). The SMILES string of the molecule is Cc1ccccc1-n1c(CC2CC2)nc2cccc(C)c2c1=O.N#Cc1c(N)nc(N)nc1N. The summed E-state index contributed by atoms with van der Waals surface area (Å²) >= 11 is 0. The van der Waals surface area contributed by atoms with Crippen LogP contribution in [0.25, 0.3) is 16.6 Å². The van der Waals surface area contributed by atoms with E-state index in [9.17, 15) is 4.79 Å². The second-order valence-electron chi connectivity index (χ2n) is 8.41. The smallest absolute Gasteiger partial charge is 0.266 e. The molecule has 0 unspecified atom stereocenters. The Hall–Kier alpha value is -4.45. The number of aromatic nitrogens is 4. The molecule has 0 spiro atoms. The Morgan fingerprint density at radius 3 is 2.24 bits per heavy atom. The highest BCUT2D eigenvalue weighted by molar-refractivity contribution is 5.81. The number of hydrogen-bond acceptors (Lipinski definition) is 8. The summed E-state index contributed by atoms with van der Waals surface area (Å²) in [6.45, 7) is 4.03. The van der Waals surface area contributed by atoms with Crippen molar-refractivity contribution >= 4 is 28.5 Å². The number of aryl methyl sites for hydroxylation is 2. The van der Waals surface area contributed by atoms with Gasteiger partial charge in [0.2, 0.25) is 5.95 Å². The van der Waals surface area contributed by atoms with Crippen molar-refractivity contribution in [2.75, 3.05) is 17.2 Å². The van der Waals surface area contributed by atoms with Crippen molar-refractivity contribution in [3.8, 4) is 11.8 Å². The van der Waals surface area contributed by atoms with Gasteiger partial charge in [-0.1, -0.05) is 30.3 Å². The molecule has 2 aromatic heterocycles. The molecule has 5 rings (SSSR count). The maximum atomic E-state index is 13.2. The first-order valence-corrected chi connectivity index (χ1v) is 11.0. The molecule has 1 saturated carbocycles. The molecule has 0 atom stereocenters. The van der Waals surface area contributed by atoms with Gasteiger partial charge in [-0.05, 0) is 55.9 Å². The van der Waals surface area contributed by atoms with E-state index in [1.165, 1.54) is 12.8 Å². The van der Waals surface area contributed by atoms with Crippen molar-refractivity contribution in [1.82, 2.24) is 19.5 Å². The van der Waals surface area contributed by atoms with Gasteiger partial charge in [0.15, 0.2) is 0 Å².